The van der Waals surface area contributed by atoms with Crippen molar-refractivity contribution in [3.05, 3.63) is 43.0 Å². The van der Waals surface area contributed by atoms with E-state index in [1.807, 2.05) is 0 Å². The zero-order chi connectivity index (χ0) is 20.7. The van der Waals surface area contributed by atoms with Crippen LogP contribution in [0.5, 0.6) is 0 Å². The van der Waals surface area contributed by atoms with E-state index in [0.29, 0.717) is 11.8 Å². The van der Waals surface area contributed by atoms with Crippen molar-refractivity contribution in [2.45, 2.75) is 50.6 Å². The summed E-state index contributed by atoms with van der Waals surface area (Å²) in [5.41, 5.74) is 10.3. The first-order valence-corrected chi connectivity index (χ1v) is 8.41. The number of aliphatic carboxylic acids is 1. The Morgan fingerprint density at radius 1 is 1.64 bits per heavy atom. The third-order valence-electron chi connectivity index (χ3n) is 4.18. The molecule has 0 saturated carbocycles. The molecule has 0 spiro atoms. The van der Waals surface area contributed by atoms with Gasteiger partial charge in [-0.3, -0.25) is 24.0 Å². The predicted molar refractivity (Wildman–Crippen MR) is 93.3 cm³/mol. The summed E-state index contributed by atoms with van der Waals surface area (Å²) in [7, 11) is 0. The number of hydrogen-bond acceptors (Lipinski definition) is 8. The number of aromatic nitrogens is 2. The number of aldehydes is 1. The van der Waals surface area contributed by atoms with E-state index in [1.54, 1.807) is 0 Å². The maximum Gasteiger partial charge on any atom is 0.330 e. The minimum Gasteiger partial charge on any atom is -0.481 e. The minimum absolute atomic E-state index is 0.0405. The number of azide groups is 1. The molecule has 28 heavy (non-hydrogen) atoms. The molecule has 13 heteroatoms. The molecule has 1 aliphatic rings. The van der Waals surface area contributed by atoms with Crippen molar-refractivity contribution in [3.8, 4) is 0 Å². The Hall–Kier alpha value is -2.99. The molecular formula is C15H20N6O7. The van der Waals surface area contributed by atoms with Crippen LogP contribution in [0.3, 0.4) is 0 Å². The number of ether oxygens (including phenoxy) is 1. The maximum atomic E-state index is 12.0. The van der Waals surface area contributed by atoms with Gasteiger partial charge in [0.25, 0.3) is 5.56 Å². The topological polar surface area (TPSA) is 188 Å². The summed E-state index contributed by atoms with van der Waals surface area (Å²) in [6.07, 6.45) is 0.389. The molecule has 0 radical (unpaired) electrons. The van der Waals surface area contributed by atoms with Crippen LogP contribution in [0, 0.1) is 6.92 Å². The first-order chi connectivity index (χ1) is 13.3. The summed E-state index contributed by atoms with van der Waals surface area (Å²) in [5.74, 6) is -1.04. The van der Waals surface area contributed by atoms with E-state index >= 15 is 0 Å². The normalized spacial score (nSPS) is 22.4. The monoisotopic (exact) mass is 396 g/mol. The smallest absolute Gasteiger partial charge is 0.330 e. The Kier molecular flexibility index (Phi) is 7.46. The second kappa shape index (κ2) is 9.80. The zero-order valence-electron chi connectivity index (χ0n) is 15.0. The van der Waals surface area contributed by atoms with Crippen LogP contribution in [0.2, 0.25) is 0 Å². The summed E-state index contributed by atoms with van der Waals surface area (Å²) < 4.78 is 6.93. The third-order valence-corrected chi connectivity index (χ3v) is 4.18. The zero-order valence-corrected chi connectivity index (χ0v) is 15.0. The van der Waals surface area contributed by atoms with Gasteiger partial charge in [0.05, 0.1) is 24.8 Å². The van der Waals surface area contributed by atoms with Crippen LogP contribution in [0.4, 0.5) is 0 Å². The lowest BCUT2D eigenvalue weighted by Gasteiger charge is -2.18. The SMILES string of the molecule is Cc1cn([C@H]2CC(N=[N+]=[N-])[C@@H](CON[C@H](C=O)CCC(=O)O)O2)c(=O)[nH]c1=O. The molecule has 1 fully saturated rings. The van der Waals surface area contributed by atoms with Crippen LogP contribution in [-0.2, 0) is 19.2 Å². The van der Waals surface area contributed by atoms with Crippen molar-refractivity contribution in [2.24, 2.45) is 5.11 Å². The Morgan fingerprint density at radius 2 is 2.39 bits per heavy atom. The van der Waals surface area contributed by atoms with Crippen LogP contribution in [0.25, 0.3) is 10.4 Å². The highest BCUT2D eigenvalue weighted by molar-refractivity contribution is 5.68. The van der Waals surface area contributed by atoms with E-state index in [1.165, 1.54) is 17.7 Å². The number of hydroxylamine groups is 1. The van der Waals surface area contributed by atoms with Crippen LogP contribution >= 0.6 is 0 Å². The molecule has 1 unspecified atom stereocenters. The van der Waals surface area contributed by atoms with E-state index in [-0.39, 0.29) is 25.9 Å². The number of carboxylic acid groups (broad SMARTS) is 1. The molecule has 0 amide bonds. The average Bonchev–Trinajstić information content (AvgIpc) is 3.03. The first kappa shape index (κ1) is 21.3. The number of rotatable bonds is 10. The summed E-state index contributed by atoms with van der Waals surface area (Å²) >= 11 is 0. The standard InChI is InChI=1S/C15H20N6O7/c1-8-5-21(15(26)17-14(8)25)12-4-10(18-20-16)11(28-12)7-27-19-9(6-22)2-3-13(23)24/h5-6,9-12,19H,2-4,7H2,1H3,(H,23,24)(H,17,25,26)/t9-,10?,11+,12+/m0/s1. The van der Waals surface area contributed by atoms with Gasteiger partial charge in [-0.1, -0.05) is 5.11 Å². The van der Waals surface area contributed by atoms with Crippen molar-refractivity contribution in [1.82, 2.24) is 15.0 Å². The van der Waals surface area contributed by atoms with Gasteiger partial charge in [0.1, 0.15) is 12.5 Å². The lowest BCUT2D eigenvalue weighted by molar-refractivity contribution is -0.137. The van der Waals surface area contributed by atoms with Gasteiger partial charge >= 0.3 is 11.7 Å². The van der Waals surface area contributed by atoms with Gasteiger partial charge < -0.3 is 14.6 Å². The van der Waals surface area contributed by atoms with E-state index in [9.17, 15) is 19.2 Å². The van der Waals surface area contributed by atoms with E-state index in [2.05, 4.69) is 20.5 Å². The molecule has 152 valence electrons. The van der Waals surface area contributed by atoms with Crippen molar-refractivity contribution >= 4 is 12.3 Å². The number of aryl methyl sites for hydroxylation is 1. The molecule has 4 atom stereocenters. The molecule has 3 N–H and O–H groups in total. The molecule has 1 aromatic rings. The Bertz CT molecular complexity index is 874. The van der Waals surface area contributed by atoms with Crippen LogP contribution in [-0.4, -0.2) is 51.7 Å². The Balaban J connectivity index is 2.02. The van der Waals surface area contributed by atoms with Crippen molar-refractivity contribution in [3.63, 3.8) is 0 Å². The fraction of sp³-hybridized carbons (Fsp3) is 0.600. The van der Waals surface area contributed by atoms with Crippen LogP contribution in [0.1, 0.15) is 31.1 Å². The van der Waals surface area contributed by atoms with Gasteiger partial charge in [-0.05, 0) is 18.9 Å². The highest BCUT2D eigenvalue weighted by atomic mass is 16.7. The van der Waals surface area contributed by atoms with Crippen LogP contribution in [0.15, 0.2) is 20.9 Å². The number of carbonyl (C=O) groups is 2. The molecule has 13 nitrogen and oxygen atoms in total. The number of carbonyl (C=O) groups excluding carboxylic acids is 1. The minimum atomic E-state index is -1.04. The number of nitrogens with zero attached hydrogens (tertiary/aromatic N) is 4. The maximum absolute atomic E-state index is 12.0. The fourth-order valence-corrected chi connectivity index (χ4v) is 2.69. The van der Waals surface area contributed by atoms with Gasteiger partial charge in [-0.2, -0.15) is 5.48 Å². The number of nitrogens with one attached hydrogen (secondary N) is 2. The molecular weight excluding hydrogens is 376 g/mol. The van der Waals surface area contributed by atoms with Crippen molar-refractivity contribution in [2.75, 3.05) is 6.61 Å². The highest BCUT2D eigenvalue weighted by Gasteiger charge is 2.36. The molecule has 1 aromatic heterocycles. The van der Waals surface area contributed by atoms with Gasteiger partial charge in [0, 0.05) is 29.5 Å². The summed E-state index contributed by atoms with van der Waals surface area (Å²) in [4.78, 5) is 55.2. The van der Waals surface area contributed by atoms with Gasteiger partial charge in [0.15, 0.2) is 0 Å². The van der Waals surface area contributed by atoms with Gasteiger partial charge in [-0.15, -0.1) is 0 Å². The summed E-state index contributed by atoms with van der Waals surface area (Å²) in [6.45, 7) is 1.42. The molecule has 0 bridgehead atoms. The van der Waals surface area contributed by atoms with Gasteiger partial charge in [0.2, 0.25) is 0 Å². The number of hydrogen-bond donors (Lipinski definition) is 3. The van der Waals surface area contributed by atoms with Crippen molar-refractivity contribution in [1.29, 1.82) is 0 Å². The Morgan fingerprint density at radius 3 is 3.04 bits per heavy atom. The predicted octanol–water partition coefficient (Wildman–Crippen LogP) is -0.235. The Labute approximate surface area is 157 Å². The number of carboxylic acids is 1. The molecule has 1 saturated heterocycles. The molecule has 2 rings (SSSR count). The molecule has 0 aliphatic carbocycles. The number of H-pyrrole nitrogens is 1. The van der Waals surface area contributed by atoms with E-state index in [0.717, 1.165) is 0 Å². The summed E-state index contributed by atoms with van der Waals surface area (Å²) in [6, 6.07) is -1.47. The fourth-order valence-electron chi connectivity index (χ4n) is 2.69. The molecule has 1 aliphatic heterocycles. The molecule has 2 heterocycles. The van der Waals surface area contributed by atoms with Gasteiger partial charge in [-0.25, -0.2) is 4.79 Å². The lowest BCUT2D eigenvalue weighted by atomic mass is 10.1. The average molecular weight is 396 g/mol. The first-order valence-electron chi connectivity index (χ1n) is 8.41. The largest absolute Gasteiger partial charge is 0.481 e. The lowest BCUT2D eigenvalue weighted by Crippen LogP contribution is -2.36. The summed E-state index contributed by atoms with van der Waals surface area (Å²) in [5, 5.41) is 12.3. The van der Waals surface area contributed by atoms with Crippen molar-refractivity contribution < 1.29 is 24.3 Å². The number of aromatic amines is 1. The van der Waals surface area contributed by atoms with E-state index in [4.69, 9.17) is 20.2 Å². The molecule has 0 aromatic carbocycles. The second-order valence-corrected chi connectivity index (χ2v) is 6.22. The second-order valence-electron chi connectivity index (χ2n) is 6.22. The quantitative estimate of drug-likeness (QED) is 0.159. The third kappa shape index (κ3) is 5.50. The highest BCUT2D eigenvalue weighted by Crippen LogP contribution is 2.30. The van der Waals surface area contributed by atoms with Crippen LogP contribution < -0.4 is 16.7 Å². The van der Waals surface area contributed by atoms with E-state index < -0.39 is 41.6 Å².